The highest BCUT2D eigenvalue weighted by molar-refractivity contribution is 6.30. The second kappa shape index (κ2) is 6.12. The van der Waals surface area contributed by atoms with E-state index in [9.17, 15) is 13.2 Å². The molecule has 0 saturated carbocycles. The molecular weight excluding hydrogens is 253 g/mol. The minimum absolute atomic E-state index is 0.0546. The number of halogens is 4. The molecule has 0 aliphatic carbocycles. The van der Waals surface area contributed by atoms with E-state index in [1.54, 1.807) is 0 Å². The Morgan fingerprint density at radius 1 is 1.24 bits per heavy atom. The van der Waals surface area contributed by atoms with Crippen molar-refractivity contribution in [1.82, 2.24) is 0 Å². The number of rotatable bonds is 5. The van der Waals surface area contributed by atoms with Crippen LogP contribution >= 0.6 is 11.6 Å². The molecule has 0 bridgehead atoms. The van der Waals surface area contributed by atoms with Gasteiger partial charge in [0.05, 0.1) is 5.56 Å². The number of nitrogens with one attached hydrogen (secondary N) is 1. The maximum atomic E-state index is 12.7. The lowest BCUT2D eigenvalue weighted by Gasteiger charge is -2.14. The lowest BCUT2D eigenvalue weighted by Crippen LogP contribution is -2.12. The van der Waals surface area contributed by atoms with Crippen molar-refractivity contribution in [2.24, 2.45) is 5.73 Å². The second-order valence-electron chi connectivity index (χ2n) is 3.61. The molecule has 0 atom stereocenters. The number of nitrogens with two attached hydrogens (primary N) is 1. The zero-order valence-electron chi connectivity index (χ0n) is 9.15. The summed E-state index contributed by atoms with van der Waals surface area (Å²) in [7, 11) is 0. The van der Waals surface area contributed by atoms with Gasteiger partial charge in [0, 0.05) is 17.3 Å². The first-order chi connectivity index (χ1) is 7.95. The molecule has 0 amide bonds. The molecule has 0 aliphatic rings. The average Bonchev–Trinajstić information content (AvgIpc) is 2.25. The third kappa shape index (κ3) is 4.44. The summed E-state index contributed by atoms with van der Waals surface area (Å²) in [5.74, 6) is 0. The Morgan fingerprint density at radius 2 is 1.94 bits per heavy atom. The van der Waals surface area contributed by atoms with E-state index in [-0.39, 0.29) is 10.7 Å². The van der Waals surface area contributed by atoms with Crippen LogP contribution in [0.25, 0.3) is 0 Å². The molecule has 17 heavy (non-hydrogen) atoms. The van der Waals surface area contributed by atoms with Crippen LogP contribution in [0.2, 0.25) is 5.02 Å². The van der Waals surface area contributed by atoms with E-state index < -0.39 is 11.7 Å². The third-order valence-electron chi connectivity index (χ3n) is 2.23. The quantitative estimate of drug-likeness (QED) is 0.801. The van der Waals surface area contributed by atoms with Crippen LogP contribution in [0.1, 0.15) is 18.4 Å². The topological polar surface area (TPSA) is 38.0 Å². The number of unbranched alkanes of at least 4 members (excludes halogenated alkanes) is 1. The fourth-order valence-corrected chi connectivity index (χ4v) is 1.57. The summed E-state index contributed by atoms with van der Waals surface area (Å²) in [5, 5.41) is 2.82. The van der Waals surface area contributed by atoms with Crippen molar-refractivity contribution in [3.63, 3.8) is 0 Å². The molecule has 1 rings (SSSR count). The largest absolute Gasteiger partial charge is 0.418 e. The van der Waals surface area contributed by atoms with E-state index in [1.807, 2.05) is 0 Å². The number of anilines is 1. The van der Waals surface area contributed by atoms with Gasteiger partial charge in [0.15, 0.2) is 0 Å². The highest BCUT2D eigenvalue weighted by atomic mass is 35.5. The summed E-state index contributed by atoms with van der Waals surface area (Å²) in [6.45, 7) is 0.996. The molecule has 0 spiro atoms. The van der Waals surface area contributed by atoms with Crippen LogP contribution < -0.4 is 11.1 Å². The van der Waals surface area contributed by atoms with Gasteiger partial charge >= 0.3 is 6.18 Å². The molecule has 0 unspecified atom stereocenters. The molecule has 0 aliphatic heterocycles. The lowest BCUT2D eigenvalue weighted by molar-refractivity contribution is -0.136. The molecule has 0 radical (unpaired) electrons. The molecule has 0 aromatic heterocycles. The van der Waals surface area contributed by atoms with E-state index in [4.69, 9.17) is 17.3 Å². The molecule has 0 heterocycles. The van der Waals surface area contributed by atoms with E-state index >= 15 is 0 Å². The molecular formula is C11H14ClF3N2. The molecule has 3 N–H and O–H groups in total. The fourth-order valence-electron chi connectivity index (χ4n) is 1.40. The highest BCUT2D eigenvalue weighted by Gasteiger charge is 2.33. The van der Waals surface area contributed by atoms with Gasteiger partial charge in [-0.25, -0.2) is 0 Å². The Bertz CT molecular complexity index is 366. The summed E-state index contributed by atoms with van der Waals surface area (Å²) in [4.78, 5) is 0. The Hall–Kier alpha value is -0.940. The van der Waals surface area contributed by atoms with E-state index in [0.717, 1.165) is 18.9 Å². The van der Waals surface area contributed by atoms with Crippen LogP contribution in [0.3, 0.4) is 0 Å². The second-order valence-corrected chi connectivity index (χ2v) is 4.05. The summed E-state index contributed by atoms with van der Waals surface area (Å²) >= 11 is 5.56. The summed E-state index contributed by atoms with van der Waals surface area (Å²) in [6, 6.07) is 3.70. The molecule has 2 nitrogen and oxygen atoms in total. The summed E-state index contributed by atoms with van der Waals surface area (Å²) in [6.07, 6.45) is -2.89. The van der Waals surface area contributed by atoms with Gasteiger partial charge in [-0.1, -0.05) is 11.6 Å². The molecule has 0 saturated heterocycles. The molecule has 96 valence electrons. The standard InChI is InChI=1S/C11H14ClF3N2/c12-8-3-4-10(17-6-2-1-5-16)9(7-8)11(13,14)15/h3-4,7,17H,1-2,5-6,16H2. The van der Waals surface area contributed by atoms with Gasteiger partial charge in [0.25, 0.3) is 0 Å². The predicted molar refractivity (Wildman–Crippen MR) is 63.2 cm³/mol. The van der Waals surface area contributed by atoms with Gasteiger partial charge in [0.2, 0.25) is 0 Å². The van der Waals surface area contributed by atoms with Gasteiger partial charge < -0.3 is 11.1 Å². The first-order valence-electron chi connectivity index (χ1n) is 5.26. The summed E-state index contributed by atoms with van der Waals surface area (Å²) in [5.41, 5.74) is 4.62. The molecule has 0 fully saturated rings. The van der Waals surface area contributed by atoms with Crippen LogP contribution in [-0.4, -0.2) is 13.1 Å². The third-order valence-corrected chi connectivity index (χ3v) is 2.47. The van der Waals surface area contributed by atoms with Gasteiger partial charge in [-0.2, -0.15) is 13.2 Å². The molecule has 6 heteroatoms. The first kappa shape index (κ1) is 14.1. The number of hydrogen-bond acceptors (Lipinski definition) is 2. The van der Waals surface area contributed by atoms with E-state index in [1.165, 1.54) is 12.1 Å². The SMILES string of the molecule is NCCCCNc1ccc(Cl)cc1C(F)(F)F. The smallest absolute Gasteiger partial charge is 0.385 e. The van der Waals surface area contributed by atoms with Gasteiger partial charge in [-0.05, 0) is 37.6 Å². The van der Waals surface area contributed by atoms with E-state index in [0.29, 0.717) is 13.1 Å². The van der Waals surface area contributed by atoms with Crippen LogP contribution in [0.5, 0.6) is 0 Å². The van der Waals surface area contributed by atoms with E-state index in [2.05, 4.69) is 5.32 Å². The molecule has 1 aromatic rings. The van der Waals surface area contributed by atoms with Crippen molar-refractivity contribution >= 4 is 17.3 Å². The molecule has 1 aromatic carbocycles. The average molecular weight is 267 g/mol. The number of hydrogen-bond donors (Lipinski definition) is 2. The zero-order chi connectivity index (χ0) is 12.9. The van der Waals surface area contributed by atoms with Crippen LogP contribution in [0, 0.1) is 0 Å². The predicted octanol–water partition coefficient (Wildman–Crippen LogP) is 3.51. The minimum atomic E-state index is -4.40. The Balaban J connectivity index is 2.77. The highest BCUT2D eigenvalue weighted by Crippen LogP contribution is 2.36. The lowest BCUT2D eigenvalue weighted by atomic mass is 10.1. The monoisotopic (exact) mass is 266 g/mol. The maximum absolute atomic E-state index is 12.7. The maximum Gasteiger partial charge on any atom is 0.418 e. The Labute approximate surface area is 103 Å². The van der Waals surface area contributed by atoms with Gasteiger partial charge in [-0.3, -0.25) is 0 Å². The fraction of sp³-hybridized carbons (Fsp3) is 0.455. The minimum Gasteiger partial charge on any atom is -0.385 e. The van der Waals surface area contributed by atoms with Crippen molar-refractivity contribution in [2.45, 2.75) is 19.0 Å². The van der Waals surface area contributed by atoms with Crippen molar-refractivity contribution in [1.29, 1.82) is 0 Å². The van der Waals surface area contributed by atoms with Crippen LogP contribution in [0.15, 0.2) is 18.2 Å². The van der Waals surface area contributed by atoms with Crippen molar-refractivity contribution < 1.29 is 13.2 Å². The Morgan fingerprint density at radius 3 is 2.53 bits per heavy atom. The van der Waals surface area contributed by atoms with Crippen molar-refractivity contribution in [2.75, 3.05) is 18.4 Å². The van der Waals surface area contributed by atoms with Crippen molar-refractivity contribution in [3.8, 4) is 0 Å². The van der Waals surface area contributed by atoms with Gasteiger partial charge in [0.1, 0.15) is 0 Å². The summed E-state index contributed by atoms with van der Waals surface area (Å²) < 4.78 is 38.1. The number of alkyl halides is 3. The van der Waals surface area contributed by atoms with Crippen molar-refractivity contribution in [3.05, 3.63) is 28.8 Å². The van der Waals surface area contributed by atoms with Crippen LogP contribution in [-0.2, 0) is 6.18 Å². The Kier molecular flexibility index (Phi) is 5.08. The van der Waals surface area contributed by atoms with Crippen LogP contribution in [0.4, 0.5) is 18.9 Å². The zero-order valence-corrected chi connectivity index (χ0v) is 9.91. The number of benzene rings is 1. The first-order valence-corrected chi connectivity index (χ1v) is 5.63. The van der Waals surface area contributed by atoms with Gasteiger partial charge in [-0.15, -0.1) is 0 Å². The normalized spacial score (nSPS) is 11.6.